The van der Waals surface area contributed by atoms with Crippen molar-refractivity contribution in [2.45, 2.75) is 51.7 Å². The van der Waals surface area contributed by atoms with E-state index in [0.29, 0.717) is 18.9 Å². The van der Waals surface area contributed by atoms with Crippen molar-refractivity contribution >= 4 is 5.97 Å². The van der Waals surface area contributed by atoms with E-state index in [-0.39, 0.29) is 12.1 Å². The van der Waals surface area contributed by atoms with Gasteiger partial charge < -0.3 is 10.2 Å². The van der Waals surface area contributed by atoms with E-state index in [1.807, 2.05) is 4.90 Å². The van der Waals surface area contributed by atoms with Crippen molar-refractivity contribution in [3.8, 4) is 0 Å². The Labute approximate surface area is 97.3 Å². The average molecular weight is 229 g/mol. The van der Waals surface area contributed by atoms with Gasteiger partial charge in [-0.25, -0.2) is 0 Å². The summed E-state index contributed by atoms with van der Waals surface area (Å²) in [4.78, 5) is 13.2. The maximum absolute atomic E-state index is 11.2. The number of piperidine rings is 1. The Bertz CT molecular complexity index is 230. The predicted molar refractivity (Wildman–Crippen MR) is 62.3 cm³/mol. The van der Waals surface area contributed by atoms with Crippen LogP contribution in [0.5, 0.6) is 0 Å². The second-order valence-corrected chi connectivity index (χ2v) is 4.83. The van der Waals surface area contributed by atoms with Crippen molar-refractivity contribution in [3.63, 3.8) is 0 Å². The van der Waals surface area contributed by atoms with E-state index in [9.17, 15) is 15.0 Å². The normalized spacial score (nSPS) is 28.9. The van der Waals surface area contributed by atoms with Crippen LogP contribution in [0.1, 0.15) is 39.5 Å². The van der Waals surface area contributed by atoms with Gasteiger partial charge in [0.2, 0.25) is 0 Å². The summed E-state index contributed by atoms with van der Waals surface area (Å²) in [5.74, 6) is -0.173. The number of rotatable bonds is 5. The first kappa shape index (κ1) is 13.5. The molecule has 1 saturated heterocycles. The number of nitrogens with zero attached hydrogens (tertiary/aromatic N) is 1. The average Bonchev–Trinajstić information content (AvgIpc) is 2.25. The maximum Gasteiger partial charge on any atom is 0.320 e. The Morgan fingerprint density at radius 1 is 1.56 bits per heavy atom. The third-order valence-electron chi connectivity index (χ3n) is 3.52. The molecule has 0 aromatic carbocycles. The van der Waals surface area contributed by atoms with Crippen LogP contribution in [0.2, 0.25) is 0 Å². The number of likely N-dealkylation sites (tertiary alicyclic amines) is 1. The molecule has 1 aliphatic rings. The number of aliphatic hydroxyl groups is 1. The summed E-state index contributed by atoms with van der Waals surface area (Å²) >= 11 is 0. The summed E-state index contributed by atoms with van der Waals surface area (Å²) in [5.41, 5.74) is 0. The minimum Gasteiger partial charge on any atom is -0.480 e. The van der Waals surface area contributed by atoms with Crippen LogP contribution in [0.3, 0.4) is 0 Å². The predicted octanol–water partition coefficient (Wildman–Crippen LogP) is 1.33. The topological polar surface area (TPSA) is 60.8 Å². The summed E-state index contributed by atoms with van der Waals surface area (Å²) in [6.45, 7) is 5.40. The molecule has 4 heteroatoms. The minimum absolute atomic E-state index is 0.349. The van der Waals surface area contributed by atoms with Gasteiger partial charge >= 0.3 is 5.97 Å². The van der Waals surface area contributed by atoms with Crippen LogP contribution < -0.4 is 0 Å². The fourth-order valence-electron chi connectivity index (χ4n) is 2.33. The largest absolute Gasteiger partial charge is 0.480 e. The highest BCUT2D eigenvalue weighted by molar-refractivity contribution is 5.73. The third kappa shape index (κ3) is 3.76. The Balaban J connectivity index is 2.51. The standard InChI is InChI=1S/C12H23NO3/c1-3-10-5-7-13(6-4-9(2)14)11(8-10)12(15)16/h9-11,14H,3-8H2,1-2H3,(H,15,16). The summed E-state index contributed by atoms with van der Waals surface area (Å²) < 4.78 is 0. The molecule has 1 aliphatic heterocycles. The van der Waals surface area contributed by atoms with Gasteiger partial charge in [0, 0.05) is 6.54 Å². The van der Waals surface area contributed by atoms with E-state index in [4.69, 9.17) is 0 Å². The molecule has 1 heterocycles. The van der Waals surface area contributed by atoms with Gasteiger partial charge in [-0.3, -0.25) is 9.69 Å². The molecular formula is C12H23NO3. The molecule has 94 valence electrons. The number of hydrogen-bond donors (Lipinski definition) is 2. The SMILES string of the molecule is CCC1CCN(CCC(C)O)C(C(=O)O)C1. The maximum atomic E-state index is 11.2. The van der Waals surface area contributed by atoms with Crippen LogP contribution in [0, 0.1) is 5.92 Å². The molecule has 4 nitrogen and oxygen atoms in total. The van der Waals surface area contributed by atoms with Crippen LogP contribution in [-0.2, 0) is 4.79 Å². The zero-order valence-electron chi connectivity index (χ0n) is 10.2. The highest BCUT2D eigenvalue weighted by Crippen LogP contribution is 2.25. The van der Waals surface area contributed by atoms with Crippen molar-refractivity contribution in [3.05, 3.63) is 0 Å². The lowest BCUT2D eigenvalue weighted by Gasteiger charge is -2.37. The fourth-order valence-corrected chi connectivity index (χ4v) is 2.33. The minimum atomic E-state index is -0.719. The molecule has 0 amide bonds. The van der Waals surface area contributed by atoms with E-state index >= 15 is 0 Å². The third-order valence-corrected chi connectivity index (χ3v) is 3.52. The molecule has 1 rings (SSSR count). The monoisotopic (exact) mass is 229 g/mol. The van der Waals surface area contributed by atoms with E-state index < -0.39 is 5.97 Å². The second kappa shape index (κ2) is 6.21. The Morgan fingerprint density at radius 2 is 2.25 bits per heavy atom. The molecule has 0 bridgehead atoms. The molecule has 0 aromatic heterocycles. The van der Waals surface area contributed by atoms with Crippen molar-refractivity contribution in [1.29, 1.82) is 0 Å². The van der Waals surface area contributed by atoms with Gasteiger partial charge in [0.1, 0.15) is 6.04 Å². The lowest BCUT2D eigenvalue weighted by Crippen LogP contribution is -2.47. The summed E-state index contributed by atoms with van der Waals surface area (Å²) in [5, 5.41) is 18.4. The number of carboxylic acid groups (broad SMARTS) is 1. The van der Waals surface area contributed by atoms with Crippen LogP contribution in [0.25, 0.3) is 0 Å². The Hall–Kier alpha value is -0.610. The second-order valence-electron chi connectivity index (χ2n) is 4.83. The molecular weight excluding hydrogens is 206 g/mol. The van der Waals surface area contributed by atoms with Crippen LogP contribution in [0.4, 0.5) is 0 Å². The van der Waals surface area contributed by atoms with E-state index in [0.717, 1.165) is 25.8 Å². The van der Waals surface area contributed by atoms with Crippen molar-refractivity contribution in [1.82, 2.24) is 4.90 Å². The van der Waals surface area contributed by atoms with Gasteiger partial charge in [0.05, 0.1) is 6.10 Å². The first-order valence-corrected chi connectivity index (χ1v) is 6.19. The number of carbonyl (C=O) groups is 1. The highest BCUT2D eigenvalue weighted by atomic mass is 16.4. The number of hydrogen-bond acceptors (Lipinski definition) is 3. The van der Waals surface area contributed by atoms with Gasteiger partial charge in [0.15, 0.2) is 0 Å². The molecule has 16 heavy (non-hydrogen) atoms. The summed E-state index contributed by atoms with van der Waals surface area (Å²) in [6, 6.07) is -0.350. The van der Waals surface area contributed by atoms with Gasteiger partial charge in [-0.2, -0.15) is 0 Å². The van der Waals surface area contributed by atoms with Crippen molar-refractivity contribution in [2.75, 3.05) is 13.1 Å². The molecule has 0 saturated carbocycles. The lowest BCUT2D eigenvalue weighted by molar-refractivity contribution is -0.145. The molecule has 0 spiro atoms. The van der Waals surface area contributed by atoms with Gasteiger partial charge in [-0.15, -0.1) is 0 Å². The molecule has 1 fully saturated rings. The first-order chi connectivity index (χ1) is 7.54. The smallest absolute Gasteiger partial charge is 0.320 e. The number of aliphatic carboxylic acids is 1. The van der Waals surface area contributed by atoms with Gasteiger partial charge in [0.25, 0.3) is 0 Å². The van der Waals surface area contributed by atoms with Crippen molar-refractivity contribution < 1.29 is 15.0 Å². The van der Waals surface area contributed by atoms with Gasteiger partial charge in [-0.05, 0) is 38.6 Å². The molecule has 3 atom stereocenters. The number of aliphatic hydroxyl groups excluding tert-OH is 1. The van der Waals surface area contributed by atoms with Gasteiger partial charge in [-0.1, -0.05) is 13.3 Å². The zero-order chi connectivity index (χ0) is 12.1. The highest BCUT2D eigenvalue weighted by Gasteiger charge is 2.32. The Morgan fingerprint density at radius 3 is 2.75 bits per heavy atom. The van der Waals surface area contributed by atoms with E-state index in [1.165, 1.54) is 0 Å². The van der Waals surface area contributed by atoms with Crippen LogP contribution in [-0.4, -0.2) is 46.3 Å². The summed E-state index contributed by atoms with van der Waals surface area (Å²) in [7, 11) is 0. The number of carboxylic acids is 1. The zero-order valence-corrected chi connectivity index (χ0v) is 10.2. The lowest BCUT2D eigenvalue weighted by atomic mass is 9.89. The van der Waals surface area contributed by atoms with Crippen LogP contribution in [0.15, 0.2) is 0 Å². The molecule has 0 radical (unpaired) electrons. The quantitative estimate of drug-likeness (QED) is 0.746. The van der Waals surface area contributed by atoms with E-state index in [1.54, 1.807) is 6.92 Å². The first-order valence-electron chi connectivity index (χ1n) is 6.19. The van der Waals surface area contributed by atoms with E-state index in [2.05, 4.69) is 6.92 Å². The van der Waals surface area contributed by atoms with Crippen molar-refractivity contribution in [2.24, 2.45) is 5.92 Å². The summed E-state index contributed by atoms with van der Waals surface area (Å²) in [6.07, 6.45) is 3.21. The molecule has 3 unspecified atom stereocenters. The Kier molecular flexibility index (Phi) is 5.22. The molecule has 0 aliphatic carbocycles. The fraction of sp³-hybridized carbons (Fsp3) is 0.917. The van der Waals surface area contributed by atoms with Crippen LogP contribution >= 0.6 is 0 Å². The molecule has 0 aromatic rings. The molecule has 2 N–H and O–H groups in total.